The van der Waals surface area contributed by atoms with Crippen LogP contribution in [0.5, 0.6) is 0 Å². The fourth-order valence-corrected chi connectivity index (χ4v) is 4.12. The Labute approximate surface area is 90.3 Å². The maximum absolute atomic E-state index is 11.5. The van der Waals surface area contributed by atoms with Crippen LogP contribution in [0.15, 0.2) is 0 Å². The van der Waals surface area contributed by atoms with Crippen molar-refractivity contribution in [1.29, 1.82) is 0 Å². The molecule has 86 valence electrons. The van der Waals surface area contributed by atoms with Crippen LogP contribution in [0.2, 0.25) is 0 Å². The topological polar surface area (TPSA) is 63.2 Å². The minimum atomic E-state index is -3.14. The Bertz CT molecular complexity index is 344. The minimum absolute atomic E-state index is 0.128. The van der Waals surface area contributed by atoms with Crippen LogP contribution in [0.25, 0.3) is 0 Å². The van der Waals surface area contributed by atoms with Gasteiger partial charge in [0, 0.05) is 6.04 Å². The number of amides is 1. The lowest BCUT2D eigenvalue weighted by Crippen LogP contribution is -2.52. The van der Waals surface area contributed by atoms with E-state index in [1.165, 1.54) is 6.42 Å². The van der Waals surface area contributed by atoms with E-state index in [0.717, 1.165) is 25.7 Å². The van der Waals surface area contributed by atoms with Crippen LogP contribution in [0.3, 0.4) is 0 Å². The molecule has 1 heterocycles. The molecule has 2 fully saturated rings. The summed E-state index contributed by atoms with van der Waals surface area (Å²) in [6, 6.07) is -0.128. The molecule has 1 amide bonds. The van der Waals surface area contributed by atoms with Gasteiger partial charge in [-0.05, 0) is 18.8 Å². The fraction of sp³-hybridized carbons (Fsp3) is 0.900. The fourth-order valence-electron chi connectivity index (χ4n) is 2.61. The van der Waals surface area contributed by atoms with Crippen LogP contribution in [-0.2, 0) is 14.6 Å². The monoisotopic (exact) mass is 231 g/mol. The zero-order valence-corrected chi connectivity index (χ0v) is 9.55. The molecule has 4 nitrogen and oxygen atoms in total. The molecule has 0 spiro atoms. The average Bonchev–Trinajstić information content (AvgIpc) is 2.16. The third-order valence-corrected chi connectivity index (χ3v) is 4.92. The van der Waals surface area contributed by atoms with Crippen LogP contribution in [-0.4, -0.2) is 31.9 Å². The summed E-state index contributed by atoms with van der Waals surface area (Å²) in [5.41, 5.74) is 0. The second-order valence-corrected chi connectivity index (χ2v) is 6.74. The number of nitrogens with one attached hydrogen (secondary N) is 1. The van der Waals surface area contributed by atoms with E-state index in [2.05, 4.69) is 5.32 Å². The van der Waals surface area contributed by atoms with Crippen molar-refractivity contribution in [3.8, 4) is 0 Å². The van der Waals surface area contributed by atoms with Crippen LogP contribution in [0, 0.1) is 5.92 Å². The van der Waals surface area contributed by atoms with Crippen LogP contribution in [0.1, 0.15) is 32.1 Å². The van der Waals surface area contributed by atoms with Crippen LogP contribution in [0.4, 0.5) is 0 Å². The van der Waals surface area contributed by atoms with Crippen molar-refractivity contribution in [2.24, 2.45) is 5.92 Å². The molecule has 1 saturated heterocycles. The summed E-state index contributed by atoms with van der Waals surface area (Å²) >= 11 is 0. The molecule has 0 bridgehead atoms. The number of carbonyl (C=O) groups is 1. The number of sulfone groups is 1. The third-order valence-electron chi connectivity index (χ3n) is 3.35. The number of rotatable bonds is 1. The van der Waals surface area contributed by atoms with E-state index in [0.29, 0.717) is 5.92 Å². The van der Waals surface area contributed by atoms with Gasteiger partial charge in [-0.25, -0.2) is 8.42 Å². The molecule has 0 radical (unpaired) electrons. The minimum Gasteiger partial charge on any atom is -0.351 e. The second kappa shape index (κ2) is 4.12. The summed E-state index contributed by atoms with van der Waals surface area (Å²) in [5.74, 6) is -0.130. The smallest absolute Gasteiger partial charge is 0.235 e. The van der Waals surface area contributed by atoms with Gasteiger partial charge in [0.2, 0.25) is 5.91 Å². The lowest BCUT2D eigenvalue weighted by atomic mass is 9.84. The van der Waals surface area contributed by atoms with E-state index in [9.17, 15) is 13.2 Å². The molecule has 1 N–H and O–H groups in total. The normalized spacial score (nSPS) is 32.3. The Kier molecular flexibility index (Phi) is 3.00. The van der Waals surface area contributed by atoms with E-state index in [1.54, 1.807) is 0 Å². The van der Waals surface area contributed by atoms with Crippen LogP contribution >= 0.6 is 0 Å². The largest absolute Gasteiger partial charge is 0.351 e. The summed E-state index contributed by atoms with van der Waals surface area (Å²) in [4.78, 5) is 11.2. The Morgan fingerprint density at radius 3 is 2.40 bits per heavy atom. The quantitative estimate of drug-likeness (QED) is 0.714. The van der Waals surface area contributed by atoms with E-state index >= 15 is 0 Å². The first-order valence-corrected chi connectivity index (χ1v) is 7.39. The highest BCUT2D eigenvalue weighted by atomic mass is 32.2. The molecular weight excluding hydrogens is 214 g/mol. The summed E-state index contributed by atoms with van der Waals surface area (Å²) < 4.78 is 22.9. The van der Waals surface area contributed by atoms with Gasteiger partial charge in [0.1, 0.15) is 5.75 Å². The molecule has 1 aliphatic carbocycles. The van der Waals surface area contributed by atoms with Crippen molar-refractivity contribution in [3.63, 3.8) is 0 Å². The first-order valence-electron chi connectivity index (χ1n) is 5.57. The predicted molar refractivity (Wildman–Crippen MR) is 57.2 cm³/mol. The predicted octanol–water partition coefficient (Wildman–Crippen LogP) is 0.480. The molecule has 5 heteroatoms. The van der Waals surface area contributed by atoms with Crippen molar-refractivity contribution >= 4 is 15.7 Å². The van der Waals surface area contributed by atoms with Gasteiger partial charge in [-0.1, -0.05) is 19.3 Å². The van der Waals surface area contributed by atoms with E-state index in [4.69, 9.17) is 0 Å². The van der Waals surface area contributed by atoms with Gasteiger partial charge in [0.25, 0.3) is 0 Å². The Hall–Kier alpha value is -0.580. The molecule has 0 aromatic rings. The van der Waals surface area contributed by atoms with E-state index in [1.807, 2.05) is 0 Å². The van der Waals surface area contributed by atoms with Gasteiger partial charge < -0.3 is 5.32 Å². The molecule has 1 unspecified atom stereocenters. The van der Waals surface area contributed by atoms with Crippen molar-refractivity contribution in [1.82, 2.24) is 5.32 Å². The summed E-state index contributed by atoms with van der Waals surface area (Å²) in [6.07, 6.45) is 5.68. The highest BCUT2D eigenvalue weighted by Gasteiger charge is 2.34. The van der Waals surface area contributed by atoms with Gasteiger partial charge in [0.15, 0.2) is 9.84 Å². The van der Waals surface area contributed by atoms with Crippen molar-refractivity contribution < 1.29 is 13.2 Å². The first-order chi connectivity index (χ1) is 7.07. The highest BCUT2D eigenvalue weighted by molar-refractivity contribution is 7.92. The van der Waals surface area contributed by atoms with Crippen LogP contribution < -0.4 is 5.32 Å². The number of carbonyl (C=O) groups excluding carboxylic acids is 1. The number of hydrogen-bond donors (Lipinski definition) is 1. The lowest BCUT2D eigenvalue weighted by molar-refractivity contribution is -0.119. The molecule has 1 atom stereocenters. The first kappa shape index (κ1) is 10.9. The zero-order valence-electron chi connectivity index (χ0n) is 8.74. The molecular formula is C10H17NO3S. The standard InChI is InChI=1S/C10H17NO3S/c12-10-7-15(13,14)6-9(11-10)8-4-2-1-3-5-8/h8-9H,1-7H2,(H,11,12). The van der Waals surface area contributed by atoms with Crippen molar-refractivity contribution in [3.05, 3.63) is 0 Å². The maximum atomic E-state index is 11.5. The molecule has 2 aliphatic rings. The summed E-state index contributed by atoms with van der Waals surface area (Å²) in [5, 5.41) is 2.82. The lowest BCUT2D eigenvalue weighted by Gasteiger charge is -2.33. The molecule has 1 saturated carbocycles. The molecule has 2 rings (SSSR count). The van der Waals surface area contributed by atoms with Crippen molar-refractivity contribution in [2.45, 2.75) is 38.1 Å². The SMILES string of the molecule is O=C1CS(=O)(=O)CC(C2CCCCC2)N1. The van der Waals surface area contributed by atoms with E-state index < -0.39 is 9.84 Å². The Morgan fingerprint density at radius 2 is 1.80 bits per heavy atom. The molecule has 15 heavy (non-hydrogen) atoms. The molecule has 1 aliphatic heterocycles. The molecule has 0 aromatic heterocycles. The Balaban J connectivity index is 2.05. The van der Waals surface area contributed by atoms with Gasteiger partial charge in [0.05, 0.1) is 5.75 Å². The Morgan fingerprint density at radius 1 is 1.13 bits per heavy atom. The van der Waals surface area contributed by atoms with Gasteiger partial charge in [-0.15, -0.1) is 0 Å². The molecule has 0 aromatic carbocycles. The van der Waals surface area contributed by atoms with Gasteiger partial charge in [-0.3, -0.25) is 4.79 Å². The van der Waals surface area contributed by atoms with Gasteiger partial charge in [-0.2, -0.15) is 0 Å². The third kappa shape index (κ3) is 2.71. The van der Waals surface area contributed by atoms with Gasteiger partial charge >= 0.3 is 0 Å². The van der Waals surface area contributed by atoms with E-state index in [-0.39, 0.29) is 23.5 Å². The van der Waals surface area contributed by atoms with Crippen molar-refractivity contribution in [2.75, 3.05) is 11.5 Å². The summed E-state index contributed by atoms with van der Waals surface area (Å²) in [6.45, 7) is 0. The average molecular weight is 231 g/mol. The summed E-state index contributed by atoms with van der Waals surface area (Å²) in [7, 11) is -3.14. The second-order valence-electron chi connectivity index (χ2n) is 4.63. The zero-order chi connectivity index (χ0) is 10.9. The maximum Gasteiger partial charge on any atom is 0.235 e. The highest BCUT2D eigenvalue weighted by Crippen LogP contribution is 2.28. The number of hydrogen-bond acceptors (Lipinski definition) is 3.